The second-order valence-corrected chi connectivity index (χ2v) is 10.2. The van der Waals surface area contributed by atoms with Crippen LogP contribution in [0, 0.1) is 5.82 Å². The first-order valence-corrected chi connectivity index (χ1v) is 12.4. The van der Waals surface area contributed by atoms with Gasteiger partial charge in [0.05, 0.1) is 29.3 Å². The number of ketones is 1. The van der Waals surface area contributed by atoms with Crippen LogP contribution in [-0.4, -0.2) is 33.4 Å². The SMILES string of the molecule is CCOc1ccc(/C(O)=C2\C(=O)C(=O)N(c3nc4ccccc4[nH]3)C2c2ccc(F)cc2)cc1C(C)(C)C. The summed E-state index contributed by atoms with van der Waals surface area (Å²) in [5, 5.41) is 11.5. The zero-order chi connectivity index (χ0) is 27.2. The molecule has 1 saturated heterocycles. The van der Waals surface area contributed by atoms with E-state index < -0.39 is 23.5 Å². The summed E-state index contributed by atoms with van der Waals surface area (Å²) < 4.78 is 19.6. The molecule has 1 aliphatic heterocycles. The highest BCUT2D eigenvalue weighted by molar-refractivity contribution is 6.51. The number of halogens is 1. The predicted octanol–water partition coefficient (Wildman–Crippen LogP) is 6.02. The lowest BCUT2D eigenvalue weighted by molar-refractivity contribution is -0.132. The van der Waals surface area contributed by atoms with E-state index in [1.807, 2.05) is 45.9 Å². The molecule has 4 aromatic rings. The Kier molecular flexibility index (Phi) is 6.26. The summed E-state index contributed by atoms with van der Waals surface area (Å²) in [6.07, 6.45) is 0. The minimum absolute atomic E-state index is 0.105. The lowest BCUT2D eigenvalue weighted by Gasteiger charge is -2.25. The van der Waals surface area contributed by atoms with Crippen LogP contribution in [0.4, 0.5) is 10.3 Å². The number of carbonyl (C=O) groups is 2. The Bertz CT molecular complexity index is 1550. The van der Waals surface area contributed by atoms with E-state index in [2.05, 4.69) is 9.97 Å². The molecule has 0 radical (unpaired) electrons. The molecule has 1 aliphatic rings. The highest BCUT2D eigenvalue weighted by Crippen LogP contribution is 2.43. The Hall–Kier alpha value is -4.46. The molecule has 5 rings (SSSR count). The van der Waals surface area contributed by atoms with Crippen molar-refractivity contribution in [1.29, 1.82) is 0 Å². The number of amides is 1. The van der Waals surface area contributed by atoms with Gasteiger partial charge in [-0.05, 0) is 60.4 Å². The number of hydrogen-bond donors (Lipinski definition) is 2. The van der Waals surface area contributed by atoms with Crippen LogP contribution in [0.15, 0.2) is 72.3 Å². The van der Waals surface area contributed by atoms with Gasteiger partial charge in [0, 0.05) is 11.1 Å². The van der Waals surface area contributed by atoms with E-state index in [4.69, 9.17) is 4.74 Å². The third-order valence-electron chi connectivity index (χ3n) is 6.60. The molecular weight excluding hydrogens is 485 g/mol. The maximum Gasteiger partial charge on any atom is 0.302 e. The van der Waals surface area contributed by atoms with Gasteiger partial charge in [0.1, 0.15) is 17.3 Å². The van der Waals surface area contributed by atoms with Crippen LogP contribution in [-0.2, 0) is 15.0 Å². The minimum Gasteiger partial charge on any atom is -0.507 e. The molecule has 3 aromatic carbocycles. The number of carbonyl (C=O) groups excluding carboxylic acids is 2. The number of nitrogens with one attached hydrogen (secondary N) is 1. The Morgan fingerprint density at radius 1 is 1.08 bits per heavy atom. The summed E-state index contributed by atoms with van der Waals surface area (Å²) in [7, 11) is 0. The molecule has 1 fully saturated rings. The Balaban J connectivity index is 1.72. The molecule has 7 nitrogen and oxygen atoms in total. The van der Waals surface area contributed by atoms with Gasteiger partial charge in [0.2, 0.25) is 5.95 Å². The monoisotopic (exact) mass is 513 g/mol. The van der Waals surface area contributed by atoms with Crippen LogP contribution in [0.25, 0.3) is 16.8 Å². The Labute approximate surface area is 219 Å². The van der Waals surface area contributed by atoms with E-state index >= 15 is 0 Å². The van der Waals surface area contributed by atoms with Crippen molar-refractivity contribution in [2.45, 2.75) is 39.2 Å². The van der Waals surface area contributed by atoms with Gasteiger partial charge in [-0.25, -0.2) is 9.37 Å². The first-order chi connectivity index (χ1) is 18.1. The summed E-state index contributed by atoms with van der Waals surface area (Å²) in [5.74, 6) is -1.66. The molecule has 0 spiro atoms. The van der Waals surface area contributed by atoms with Crippen LogP contribution >= 0.6 is 0 Å². The number of hydrogen-bond acceptors (Lipinski definition) is 5. The van der Waals surface area contributed by atoms with Gasteiger partial charge in [-0.15, -0.1) is 0 Å². The molecule has 1 amide bonds. The van der Waals surface area contributed by atoms with E-state index in [1.54, 1.807) is 24.3 Å². The number of H-pyrrole nitrogens is 1. The van der Waals surface area contributed by atoms with Crippen molar-refractivity contribution in [3.63, 3.8) is 0 Å². The normalized spacial score (nSPS) is 17.4. The van der Waals surface area contributed by atoms with Crippen molar-refractivity contribution >= 4 is 34.4 Å². The molecule has 0 bridgehead atoms. The van der Waals surface area contributed by atoms with E-state index in [0.717, 1.165) is 5.56 Å². The molecule has 2 heterocycles. The summed E-state index contributed by atoms with van der Waals surface area (Å²) in [4.78, 5) is 35.7. The van der Waals surface area contributed by atoms with Crippen LogP contribution in [0.2, 0.25) is 0 Å². The number of ether oxygens (including phenoxy) is 1. The van der Waals surface area contributed by atoms with Crippen molar-refractivity contribution < 1.29 is 23.8 Å². The van der Waals surface area contributed by atoms with E-state index in [1.165, 1.54) is 29.2 Å². The van der Waals surface area contributed by atoms with Crippen molar-refractivity contribution in [2.75, 3.05) is 11.5 Å². The van der Waals surface area contributed by atoms with E-state index in [9.17, 15) is 19.1 Å². The number of anilines is 1. The smallest absolute Gasteiger partial charge is 0.302 e. The lowest BCUT2D eigenvalue weighted by Crippen LogP contribution is -2.30. The maximum absolute atomic E-state index is 13.8. The van der Waals surface area contributed by atoms with Gasteiger partial charge in [-0.2, -0.15) is 0 Å². The molecular formula is C30H28FN3O4. The fraction of sp³-hybridized carbons (Fsp3) is 0.233. The molecule has 38 heavy (non-hydrogen) atoms. The molecule has 194 valence electrons. The van der Waals surface area contributed by atoms with Crippen molar-refractivity contribution in [3.8, 4) is 5.75 Å². The Morgan fingerprint density at radius 3 is 2.45 bits per heavy atom. The largest absolute Gasteiger partial charge is 0.507 e. The third-order valence-corrected chi connectivity index (χ3v) is 6.60. The number of imidazole rings is 1. The van der Waals surface area contributed by atoms with Gasteiger partial charge < -0.3 is 14.8 Å². The number of benzene rings is 3. The van der Waals surface area contributed by atoms with Crippen LogP contribution in [0.5, 0.6) is 5.75 Å². The van der Waals surface area contributed by atoms with Gasteiger partial charge in [0.15, 0.2) is 0 Å². The van der Waals surface area contributed by atoms with Crippen LogP contribution in [0.3, 0.4) is 0 Å². The minimum atomic E-state index is -1.03. The molecule has 2 N–H and O–H groups in total. The van der Waals surface area contributed by atoms with Crippen molar-refractivity contribution in [3.05, 3.63) is 94.8 Å². The number of rotatable bonds is 5. The summed E-state index contributed by atoms with van der Waals surface area (Å²) in [5.41, 5.74) is 2.53. The van der Waals surface area contributed by atoms with Gasteiger partial charge >= 0.3 is 5.91 Å². The first-order valence-electron chi connectivity index (χ1n) is 12.4. The fourth-order valence-corrected chi connectivity index (χ4v) is 4.77. The maximum atomic E-state index is 13.8. The first kappa shape index (κ1) is 25.2. The summed E-state index contributed by atoms with van der Waals surface area (Å²) in [6.45, 7) is 8.43. The number of para-hydroxylation sites is 2. The molecule has 0 saturated carbocycles. The zero-order valence-corrected chi connectivity index (χ0v) is 21.6. The standard InChI is InChI=1S/C30H28FN3O4/c1-5-38-23-15-12-18(16-20(23)30(2,3)4)26(35)24-25(17-10-13-19(31)14-11-17)34(28(37)27(24)36)29-32-21-8-6-7-9-22(21)33-29/h6-16,25,35H,5H2,1-4H3,(H,32,33)/b26-24+. The predicted molar refractivity (Wildman–Crippen MR) is 144 cm³/mol. The van der Waals surface area contributed by atoms with Crippen molar-refractivity contribution in [1.82, 2.24) is 9.97 Å². The average Bonchev–Trinajstić information content (AvgIpc) is 3.42. The van der Waals surface area contributed by atoms with Gasteiger partial charge in [0.25, 0.3) is 5.78 Å². The van der Waals surface area contributed by atoms with Gasteiger partial charge in [-0.1, -0.05) is 45.0 Å². The van der Waals surface area contributed by atoms with Crippen LogP contribution < -0.4 is 9.64 Å². The number of aromatic nitrogens is 2. The topological polar surface area (TPSA) is 95.5 Å². The number of fused-ring (bicyclic) bond motifs is 1. The number of aromatic amines is 1. The van der Waals surface area contributed by atoms with Crippen LogP contribution in [0.1, 0.15) is 50.4 Å². The number of aliphatic hydroxyl groups is 1. The quantitative estimate of drug-likeness (QED) is 0.193. The number of aliphatic hydroxyl groups excluding tert-OH is 1. The summed E-state index contributed by atoms with van der Waals surface area (Å²) >= 11 is 0. The second-order valence-electron chi connectivity index (χ2n) is 10.2. The Morgan fingerprint density at radius 2 is 1.79 bits per heavy atom. The highest BCUT2D eigenvalue weighted by Gasteiger charge is 2.48. The van der Waals surface area contributed by atoms with E-state index in [0.29, 0.717) is 34.5 Å². The molecule has 0 aliphatic carbocycles. The molecule has 1 atom stereocenters. The average molecular weight is 514 g/mol. The number of nitrogens with zero attached hydrogens (tertiary/aromatic N) is 2. The summed E-state index contributed by atoms with van der Waals surface area (Å²) in [6, 6.07) is 16.9. The molecule has 8 heteroatoms. The zero-order valence-electron chi connectivity index (χ0n) is 21.6. The van der Waals surface area contributed by atoms with E-state index in [-0.39, 0.29) is 22.7 Å². The number of Topliss-reactive ketones (excluding diaryl/α,β-unsaturated/α-hetero) is 1. The second kappa shape index (κ2) is 9.45. The highest BCUT2D eigenvalue weighted by atomic mass is 19.1. The lowest BCUT2D eigenvalue weighted by atomic mass is 9.84. The molecule has 1 unspecified atom stereocenters. The fourth-order valence-electron chi connectivity index (χ4n) is 4.77. The van der Waals surface area contributed by atoms with Crippen molar-refractivity contribution in [2.24, 2.45) is 0 Å². The van der Waals surface area contributed by atoms with Gasteiger partial charge in [-0.3, -0.25) is 14.5 Å². The molecule has 1 aromatic heterocycles. The third kappa shape index (κ3) is 4.32.